The zero-order valence-electron chi connectivity index (χ0n) is 23.5. The Balaban J connectivity index is 1.65. The number of nitrogens with one attached hydrogen (secondary N) is 2. The number of ether oxygens (including phenoxy) is 5. The number of rotatable bonds is 16. The number of piperidine rings is 1. The highest BCUT2D eigenvalue weighted by Crippen LogP contribution is 2.25. The molecule has 13 nitrogen and oxygen atoms in total. The summed E-state index contributed by atoms with van der Waals surface area (Å²) >= 11 is 0. The van der Waals surface area contributed by atoms with Gasteiger partial charge < -0.3 is 33.9 Å². The highest BCUT2D eigenvalue weighted by molar-refractivity contribution is 6.07. The van der Waals surface area contributed by atoms with E-state index in [1.54, 1.807) is 32.9 Å². The molecule has 0 aromatic heterocycles. The van der Waals surface area contributed by atoms with E-state index in [2.05, 4.69) is 10.6 Å². The van der Waals surface area contributed by atoms with Gasteiger partial charge >= 0.3 is 6.09 Å². The number of carbonyl (C=O) groups excluding carboxylic acids is 5. The molecule has 1 aromatic carbocycles. The van der Waals surface area contributed by atoms with Gasteiger partial charge in [-0.1, -0.05) is 12.1 Å². The van der Waals surface area contributed by atoms with Gasteiger partial charge in [0.2, 0.25) is 11.8 Å². The molecular formula is C27H39N3O10. The summed E-state index contributed by atoms with van der Waals surface area (Å²) in [6, 6.07) is 3.80. The quantitative estimate of drug-likeness (QED) is 0.170. The molecule has 0 radical (unpaired) electrons. The molecule has 0 spiro atoms. The van der Waals surface area contributed by atoms with Crippen molar-refractivity contribution in [3.05, 3.63) is 29.3 Å². The van der Waals surface area contributed by atoms with Crippen LogP contribution in [0.5, 0.6) is 5.75 Å². The molecule has 0 bridgehead atoms. The summed E-state index contributed by atoms with van der Waals surface area (Å²) in [6.07, 6.45) is 0.369. The van der Waals surface area contributed by atoms with E-state index in [0.717, 1.165) is 0 Å². The van der Waals surface area contributed by atoms with E-state index in [1.165, 1.54) is 18.0 Å². The monoisotopic (exact) mass is 565 g/mol. The standard InChI is InChI=1S/C27H39N3O10/c1-27(2,3)40-26(35)28-10-11-36-12-13-37-14-15-38-16-17-39-21-7-5-6-19(18-31)23(21)25(34)30(4)20-8-9-22(32)29-24(20)33/h5-7,18,20H,8-17H2,1-4H3,(H,28,35)(H,29,32,33). The van der Waals surface area contributed by atoms with Crippen LogP contribution >= 0.6 is 0 Å². The van der Waals surface area contributed by atoms with E-state index < -0.39 is 29.6 Å². The van der Waals surface area contributed by atoms with Crippen LogP contribution in [-0.4, -0.2) is 106 Å². The zero-order valence-corrected chi connectivity index (χ0v) is 23.5. The Kier molecular flexibility index (Phi) is 13.5. The van der Waals surface area contributed by atoms with Crippen molar-refractivity contribution in [2.45, 2.75) is 45.3 Å². The summed E-state index contributed by atoms with van der Waals surface area (Å²) in [4.78, 5) is 61.2. The maximum absolute atomic E-state index is 13.2. The first-order valence-electron chi connectivity index (χ1n) is 13.1. The molecule has 1 atom stereocenters. The van der Waals surface area contributed by atoms with E-state index in [0.29, 0.717) is 45.9 Å². The lowest BCUT2D eigenvalue weighted by Crippen LogP contribution is -2.53. The number of nitrogens with zero attached hydrogens (tertiary/aromatic N) is 1. The molecule has 0 saturated carbocycles. The second-order valence-corrected chi connectivity index (χ2v) is 9.84. The molecule has 4 amide bonds. The first kappa shape index (κ1) is 32.7. The second kappa shape index (κ2) is 16.5. The summed E-state index contributed by atoms with van der Waals surface area (Å²) in [5, 5.41) is 4.82. The SMILES string of the molecule is CN(C(=O)c1c(C=O)cccc1OCCOCCOCCOCCNC(=O)OC(C)(C)C)C1CCC(=O)NC1=O. The van der Waals surface area contributed by atoms with Gasteiger partial charge in [-0.3, -0.25) is 24.5 Å². The van der Waals surface area contributed by atoms with Gasteiger partial charge in [0.25, 0.3) is 5.91 Å². The Hall–Kier alpha value is -3.55. The molecule has 1 heterocycles. The van der Waals surface area contributed by atoms with E-state index >= 15 is 0 Å². The Morgan fingerprint density at radius 1 is 1.02 bits per heavy atom. The van der Waals surface area contributed by atoms with E-state index in [1.807, 2.05) is 0 Å². The zero-order chi connectivity index (χ0) is 29.5. The Bertz CT molecular complexity index is 1020. The fourth-order valence-corrected chi connectivity index (χ4v) is 3.66. The van der Waals surface area contributed by atoms with Crippen LogP contribution in [0.4, 0.5) is 4.79 Å². The normalized spacial score (nSPS) is 15.2. The van der Waals surface area contributed by atoms with Crippen molar-refractivity contribution in [1.82, 2.24) is 15.5 Å². The number of imide groups is 1. The van der Waals surface area contributed by atoms with Crippen molar-refractivity contribution in [1.29, 1.82) is 0 Å². The molecule has 0 aliphatic carbocycles. The molecule has 1 aliphatic heterocycles. The van der Waals surface area contributed by atoms with Gasteiger partial charge in [0.05, 0.1) is 45.2 Å². The average Bonchev–Trinajstić information content (AvgIpc) is 2.89. The van der Waals surface area contributed by atoms with Crippen molar-refractivity contribution < 1.29 is 47.7 Å². The van der Waals surface area contributed by atoms with Gasteiger partial charge in [0.15, 0.2) is 6.29 Å². The lowest BCUT2D eigenvalue weighted by atomic mass is 10.0. The minimum absolute atomic E-state index is 0.0364. The molecule has 2 N–H and O–H groups in total. The van der Waals surface area contributed by atoms with Crippen LogP contribution in [0.1, 0.15) is 54.3 Å². The Morgan fingerprint density at radius 3 is 2.25 bits per heavy atom. The number of hydrogen-bond acceptors (Lipinski definition) is 10. The van der Waals surface area contributed by atoms with Crippen molar-refractivity contribution in [2.24, 2.45) is 0 Å². The molecule has 1 unspecified atom stereocenters. The lowest BCUT2D eigenvalue weighted by molar-refractivity contribution is -0.136. The number of carbonyl (C=O) groups is 5. The minimum atomic E-state index is -0.833. The van der Waals surface area contributed by atoms with Crippen LogP contribution in [0.2, 0.25) is 0 Å². The number of likely N-dealkylation sites (N-methyl/N-ethyl adjacent to an activating group) is 1. The third-order valence-electron chi connectivity index (χ3n) is 5.54. The maximum atomic E-state index is 13.2. The molecule has 1 aliphatic rings. The summed E-state index contributed by atoms with van der Waals surface area (Å²) in [5.41, 5.74) is -0.389. The molecule has 1 aromatic rings. The largest absolute Gasteiger partial charge is 0.490 e. The van der Waals surface area contributed by atoms with E-state index in [-0.39, 0.29) is 48.8 Å². The van der Waals surface area contributed by atoms with Gasteiger partial charge in [-0.15, -0.1) is 0 Å². The molecular weight excluding hydrogens is 526 g/mol. The molecule has 1 saturated heterocycles. The average molecular weight is 566 g/mol. The third-order valence-corrected chi connectivity index (χ3v) is 5.54. The first-order chi connectivity index (χ1) is 19.0. The van der Waals surface area contributed by atoms with Gasteiger partial charge in [0, 0.05) is 25.6 Å². The van der Waals surface area contributed by atoms with Crippen LogP contribution in [-0.2, 0) is 28.5 Å². The highest BCUT2D eigenvalue weighted by atomic mass is 16.6. The number of alkyl carbamates (subject to hydrolysis) is 1. The van der Waals surface area contributed by atoms with Crippen molar-refractivity contribution >= 4 is 30.1 Å². The molecule has 222 valence electrons. The summed E-state index contributed by atoms with van der Waals surface area (Å²) < 4.78 is 27.1. The highest BCUT2D eigenvalue weighted by Gasteiger charge is 2.34. The van der Waals surface area contributed by atoms with E-state index in [4.69, 9.17) is 23.7 Å². The summed E-state index contributed by atoms with van der Waals surface area (Å²) in [6.45, 7) is 7.69. The molecule has 40 heavy (non-hydrogen) atoms. The third kappa shape index (κ3) is 11.3. The topological polar surface area (TPSA) is 159 Å². The lowest BCUT2D eigenvalue weighted by Gasteiger charge is -2.30. The molecule has 2 rings (SSSR count). The Labute approximate surface area is 233 Å². The minimum Gasteiger partial charge on any atom is -0.490 e. The van der Waals surface area contributed by atoms with Crippen LogP contribution < -0.4 is 15.4 Å². The molecule has 1 fully saturated rings. The number of aldehydes is 1. The van der Waals surface area contributed by atoms with Gasteiger partial charge in [-0.2, -0.15) is 0 Å². The van der Waals surface area contributed by atoms with Gasteiger partial charge in [-0.25, -0.2) is 4.79 Å². The van der Waals surface area contributed by atoms with E-state index in [9.17, 15) is 24.0 Å². The van der Waals surface area contributed by atoms with Gasteiger partial charge in [-0.05, 0) is 33.3 Å². The van der Waals surface area contributed by atoms with Crippen molar-refractivity contribution in [3.8, 4) is 5.75 Å². The van der Waals surface area contributed by atoms with Crippen LogP contribution in [0.3, 0.4) is 0 Å². The second-order valence-electron chi connectivity index (χ2n) is 9.84. The smallest absolute Gasteiger partial charge is 0.407 e. The predicted molar refractivity (Wildman–Crippen MR) is 142 cm³/mol. The van der Waals surface area contributed by atoms with Crippen LogP contribution in [0.25, 0.3) is 0 Å². The molecule has 13 heteroatoms. The fraction of sp³-hybridized carbons (Fsp3) is 0.593. The first-order valence-corrected chi connectivity index (χ1v) is 13.1. The predicted octanol–water partition coefficient (Wildman–Crippen LogP) is 1.33. The van der Waals surface area contributed by atoms with Crippen LogP contribution in [0, 0.1) is 0 Å². The van der Waals surface area contributed by atoms with Gasteiger partial charge in [0.1, 0.15) is 24.0 Å². The Morgan fingerprint density at radius 2 is 1.65 bits per heavy atom. The summed E-state index contributed by atoms with van der Waals surface area (Å²) in [7, 11) is 1.45. The van der Waals surface area contributed by atoms with Crippen molar-refractivity contribution in [2.75, 3.05) is 59.8 Å². The van der Waals surface area contributed by atoms with Crippen molar-refractivity contribution in [3.63, 3.8) is 0 Å². The number of hydrogen-bond donors (Lipinski definition) is 2. The fourth-order valence-electron chi connectivity index (χ4n) is 3.66. The maximum Gasteiger partial charge on any atom is 0.407 e. The van der Waals surface area contributed by atoms with Crippen LogP contribution in [0.15, 0.2) is 18.2 Å². The number of benzene rings is 1. The summed E-state index contributed by atoms with van der Waals surface area (Å²) in [5.74, 6) is -1.32. The number of amides is 4.